The Hall–Kier alpha value is -1.07. The highest BCUT2D eigenvalue weighted by molar-refractivity contribution is 5.85. The van der Waals surface area contributed by atoms with Crippen molar-refractivity contribution in [3.63, 3.8) is 0 Å². The number of hydrogen-bond donors (Lipinski definition) is 2. The summed E-state index contributed by atoms with van der Waals surface area (Å²) in [7, 11) is 0. The number of halogens is 1. The van der Waals surface area contributed by atoms with Gasteiger partial charge in [-0.25, -0.2) is 0 Å². The quantitative estimate of drug-likeness (QED) is 0.874. The van der Waals surface area contributed by atoms with Crippen LogP contribution in [0.25, 0.3) is 0 Å². The summed E-state index contributed by atoms with van der Waals surface area (Å²) in [5, 5.41) is 7.37. The second-order valence-corrected chi connectivity index (χ2v) is 5.71. The van der Waals surface area contributed by atoms with Gasteiger partial charge in [-0.2, -0.15) is 5.10 Å². The second kappa shape index (κ2) is 7.64. The molecule has 0 radical (unpaired) electrons. The minimum absolute atomic E-state index is 0. The van der Waals surface area contributed by atoms with E-state index in [1.165, 1.54) is 25.7 Å². The van der Waals surface area contributed by atoms with E-state index in [4.69, 9.17) is 5.73 Å². The Morgan fingerprint density at radius 2 is 2.15 bits per heavy atom. The first kappa shape index (κ1) is 17.0. The summed E-state index contributed by atoms with van der Waals surface area (Å²) >= 11 is 0. The summed E-state index contributed by atoms with van der Waals surface area (Å²) in [5.41, 5.74) is 6.69. The fourth-order valence-electron chi connectivity index (χ4n) is 2.44. The molecule has 1 atom stereocenters. The first-order chi connectivity index (χ1) is 9.08. The molecule has 1 heterocycles. The van der Waals surface area contributed by atoms with Crippen LogP contribution in [0.3, 0.4) is 0 Å². The van der Waals surface area contributed by atoms with E-state index in [-0.39, 0.29) is 24.2 Å². The largest absolute Gasteiger partial charge is 0.349 e. The molecular weight excluding hydrogens is 276 g/mol. The van der Waals surface area contributed by atoms with Crippen LogP contribution in [-0.4, -0.2) is 21.7 Å². The summed E-state index contributed by atoms with van der Waals surface area (Å²) in [6.07, 6.45) is 7.02. The van der Waals surface area contributed by atoms with Crippen LogP contribution in [0, 0.1) is 5.92 Å². The van der Waals surface area contributed by atoms with Gasteiger partial charge in [0.25, 0.3) is 0 Å². The zero-order valence-electron chi connectivity index (χ0n) is 12.2. The Morgan fingerprint density at radius 3 is 2.75 bits per heavy atom. The number of hydrogen-bond acceptors (Lipinski definition) is 3. The fraction of sp³-hybridized carbons (Fsp3) is 0.714. The minimum Gasteiger partial charge on any atom is -0.349 e. The van der Waals surface area contributed by atoms with Gasteiger partial charge < -0.3 is 11.1 Å². The molecule has 20 heavy (non-hydrogen) atoms. The van der Waals surface area contributed by atoms with Gasteiger partial charge in [-0.15, -0.1) is 12.4 Å². The smallest absolute Gasteiger partial charge is 0.237 e. The number of aromatic nitrogens is 2. The van der Waals surface area contributed by atoms with E-state index in [1.807, 2.05) is 30.8 Å². The Balaban J connectivity index is 0.00000200. The summed E-state index contributed by atoms with van der Waals surface area (Å²) in [6.45, 7) is 4.34. The van der Waals surface area contributed by atoms with Gasteiger partial charge in [0.1, 0.15) is 0 Å². The molecule has 0 saturated heterocycles. The average Bonchev–Trinajstić information content (AvgIpc) is 3.04. The van der Waals surface area contributed by atoms with E-state index in [0.29, 0.717) is 12.6 Å². The molecule has 0 bridgehead atoms. The first-order valence-electron chi connectivity index (χ1n) is 7.15. The van der Waals surface area contributed by atoms with Crippen molar-refractivity contribution in [2.45, 2.75) is 58.2 Å². The van der Waals surface area contributed by atoms with Crippen LogP contribution in [0.1, 0.15) is 51.3 Å². The molecule has 6 heteroatoms. The van der Waals surface area contributed by atoms with Gasteiger partial charge in [-0.05, 0) is 24.8 Å². The third-order valence-corrected chi connectivity index (χ3v) is 3.83. The van der Waals surface area contributed by atoms with Crippen LogP contribution in [0.4, 0.5) is 0 Å². The number of carbonyl (C=O) groups excluding carboxylic acids is 1. The highest BCUT2D eigenvalue weighted by Crippen LogP contribution is 2.28. The number of carbonyl (C=O) groups is 1. The molecule has 3 N–H and O–H groups in total. The highest BCUT2D eigenvalue weighted by atomic mass is 35.5. The predicted octanol–water partition coefficient (Wildman–Crippen LogP) is 2.02. The van der Waals surface area contributed by atoms with Crippen molar-refractivity contribution in [2.24, 2.45) is 11.7 Å². The lowest BCUT2D eigenvalue weighted by Crippen LogP contribution is -2.43. The van der Waals surface area contributed by atoms with Gasteiger partial charge in [0.15, 0.2) is 0 Å². The molecule has 0 spiro atoms. The van der Waals surface area contributed by atoms with Crippen molar-refractivity contribution >= 4 is 18.3 Å². The van der Waals surface area contributed by atoms with Gasteiger partial charge >= 0.3 is 0 Å². The maximum Gasteiger partial charge on any atom is 0.237 e. The minimum atomic E-state index is -0.447. The Morgan fingerprint density at radius 1 is 1.50 bits per heavy atom. The topological polar surface area (TPSA) is 72.9 Å². The van der Waals surface area contributed by atoms with Crippen LogP contribution < -0.4 is 11.1 Å². The molecule has 1 aromatic rings. The van der Waals surface area contributed by atoms with Gasteiger partial charge in [0.05, 0.1) is 24.3 Å². The fourth-order valence-corrected chi connectivity index (χ4v) is 2.44. The lowest BCUT2D eigenvalue weighted by molar-refractivity contribution is -0.123. The Kier molecular flexibility index (Phi) is 6.49. The Labute approximate surface area is 126 Å². The van der Waals surface area contributed by atoms with E-state index in [2.05, 4.69) is 10.4 Å². The molecule has 1 saturated carbocycles. The molecule has 1 amide bonds. The van der Waals surface area contributed by atoms with E-state index in [0.717, 1.165) is 5.69 Å². The zero-order chi connectivity index (χ0) is 13.8. The summed E-state index contributed by atoms with van der Waals surface area (Å²) in [5.74, 6) is 0.0430. The molecule has 1 fully saturated rings. The van der Waals surface area contributed by atoms with Crippen molar-refractivity contribution in [2.75, 3.05) is 0 Å². The first-order valence-corrected chi connectivity index (χ1v) is 7.15. The van der Waals surface area contributed by atoms with E-state index < -0.39 is 6.04 Å². The molecule has 0 aliphatic heterocycles. The molecular formula is C14H25ClN4O. The van der Waals surface area contributed by atoms with Crippen LogP contribution >= 0.6 is 12.4 Å². The summed E-state index contributed by atoms with van der Waals surface area (Å²) < 4.78 is 2.04. The molecule has 1 aliphatic carbocycles. The van der Waals surface area contributed by atoms with E-state index >= 15 is 0 Å². The van der Waals surface area contributed by atoms with Gasteiger partial charge in [-0.3, -0.25) is 9.48 Å². The maximum atomic E-state index is 11.8. The van der Waals surface area contributed by atoms with Gasteiger partial charge in [0.2, 0.25) is 5.91 Å². The van der Waals surface area contributed by atoms with Crippen molar-refractivity contribution in [1.82, 2.24) is 15.1 Å². The highest BCUT2D eigenvalue weighted by Gasteiger charge is 2.19. The van der Waals surface area contributed by atoms with E-state index in [9.17, 15) is 4.79 Å². The van der Waals surface area contributed by atoms with Crippen LogP contribution in [0.5, 0.6) is 0 Å². The van der Waals surface area contributed by atoms with Crippen molar-refractivity contribution in [1.29, 1.82) is 0 Å². The number of amides is 1. The maximum absolute atomic E-state index is 11.8. The monoisotopic (exact) mass is 300 g/mol. The molecule has 0 aromatic carbocycles. The Bertz CT molecular complexity index is 427. The number of nitrogens with two attached hydrogens (primary N) is 1. The summed E-state index contributed by atoms with van der Waals surface area (Å²) in [6, 6.07) is 2.07. The SMILES string of the molecule is CC(C)[C@H](N)C(=O)NCc1ccn(C2CCCC2)n1.Cl. The van der Waals surface area contributed by atoms with E-state index in [1.54, 1.807) is 0 Å². The van der Waals surface area contributed by atoms with Crippen molar-refractivity contribution in [3.8, 4) is 0 Å². The lowest BCUT2D eigenvalue weighted by Gasteiger charge is -2.14. The van der Waals surface area contributed by atoms with Crippen LogP contribution in [-0.2, 0) is 11.3 Å². The zero-order valence-corrected chi connectivity index (χ0v) is 13.0. The van der Waals surface area contributed by atoms with Crippen LogP contribution in [0.2, 0.25) is 0 Å². The van der Waals surface area contributed by atoms with Crippen LogP contribution in [0.15, 0.2) is 12.3 Å². The molecule has 1 aromatic heterocycles. The number of nitrogens with zero attached hydrogens (tertiary/aromatic N) is 2. The third kappa shape index (κ3) is 4.21. The lowest BCUT2D eigenvalue weighted by atomic mass is 10.1. The third-order valence-electron chi connectivity index (χ3n) is 3.83. The van der Waals surface area contributed by atoms with Crippen molar-refractivity contribution in [3.05, 3.63) is 18.0 Å². The molecule has 114 valence electrons. The normalized spacial score (nSPS) is 17.0. The van der Waals surface area contributed by atoms with Gasteiger partial charge in [-0.1, -0.05) is 26.7 Å². The summed E-state index contributed by atoms with van der Waals surface area (Å²) in [4.78, 5) is 11.8. The molecule has 5 nitrogen and oxygen atoms in total. The van der Waals surface area contributed by atoms with Crippen molar-refractivity contribution < 1.29 is 4.79 Å². The molecule has 0 unspecified atom stereocenters. The molecule has 2 rings (SSSR count). The standard InChI is InChI=1S/C14H24N4O.ClH/c1-10(2)13(15)14(19)16-9-11-7-8-18(17-11)12-5-3-4-6-12;/h7-8,10,12-13H,3-6,9,15H2,1-2H3,(H,16,19);1H/t13-;/m0./s1. The molecule has 1 aliphatic rings. The number of rotatable bonds is 5. The predicted molar refractivity (Wildman–Crippen MR) is 81.6 cm³/mol. The average molecular weight is 301 g/mol. The second-order valence-electron chi connectivity index (χ2n) is 5.71. The van der Waals surface area contributed by atoms with Gasteiger partial charge in [0, 0.05) is 6.20 Å². The number of nitrogens with one attached hydrogen (secondary N) is 1.